The van der Waals surface area contributed by atoms with E-state index in [2.05, 4.69) is 38.1 Å². The molecule has 0 spiro atoms. The molecule has 0 aliphatic carbocycles. The van der Waals surface area contributed by atoms with E-state index in [1.54, 1.807) is 0 Å². The highest BCUT2D eigenvalue weighted by atomic mass is 16.3. The van der Waals surface area contributed by atoms with Gasteiger partial charge in [-0.15, -0.1) is 0 Å². The number of rotatable bonds is 9. The molecule has 20 heavy (non-hydrogen) atoms. The van der Waals surface area contributed by atoms with Gasteiger partial charge in [0.25, 0.3) is 0 Å². The van der Waals surface area contributed by atoms with Crippen LogP contribution in [0.15, 0.2) is 28.7 Å². The molecule has 0 atom stereocenters. The summed E-state index contributed by atoms with van der Waals surface area (Å²) >= 11 is 0. The van der Waals surface area contributed by atoms with E-state index in [1.807, 2.05) is 0 Å². The van der Waals surface area contributed by atoms with Crippen molar-refractivity contribution in [2.24, 2.45) is 0 Å². The van der Waals surface area contributed by atoms with Crippen LogP contribution in [0.4, 0.5) is 0 Å². The monoisotopic (exact) mass is 272 g/mol. The second kappa shape index (κ2) is 8.14. The molecule has 0 saturated heterocycles. The highest BCUT2D eigenvalue weighted by Crippen LogP contribution is 2.22. The van der Waals surface area contributed by atoms with Gasteiger partial charge in [0.15, 0.2) is 0 Å². The number of fused-ring (bicyclic) bond motifs is 1. The smallest absolute Gasteiger partial charge is 0.134 e. The molecule has 1 aromatic carbocycles. The van der Waals surface area contributed by atoms with Crippen LogP contribution in [0, 0.1) is 6.92 Å². The maximum atomic E-state index is 5.91. The molecule has 0 amide bonds. The van der Waals surface area contributed by atoms with Crippen molar-refractivity contribution >= 4 is 11.0 Å². The van der Waals surface area contributed by atoms with Crippen molar-refractivity contribution in [2.45, 2.75) is 71.6 Å². The lowest BCUT2D eigenvalue weighted by Gasteiger charge is -2.00. The van der Waals surface area contributed by atoms with Crippen LogP contribution < -0.4 is 0 Å². The third kappa shape index (κ3) is 4.70. The van der Waals surface area contributed by atoms with Gasteiger partial charge in [-0.1, -0.05) is 64.0 Å². The Kier molecular flexibility index (Phi) is 6.17. The van der Waals surface area contributed by atoms with Gasteiger partial charge in [0.05, 0.1) is 0 Å². The summed E-state index contributed by atoms with van der Waals surface area (Å²) < 4.78 is 5.91. The molecule has 110 valence electrons. The molecule has 0 unspecified atom stereocenters. The Bertz CT molecular complexity index is 509. The Balaban J connectivity index is 1.65. The topological polar surface area (TPSA) is 13.1 Å². The van der Waals surface area contributed by atoms with Crippen LogP contribution in [-0.2, 0) is 6.42 Å². The molecule has 1 aromatic heterocycles. The molecule has 1 heteroatoms. The Labute approximate surface area is 123 Å². The maximum absolute atomic E-state index is 5.91. The lowest BCUT2D eigenvalue weighted by Crippen LogP contribution is -1.84. The number of benzene rings is 1. The second-order valence-corrected chi connectivity index (χ2v) is 5.98. The van der Waals surface area contributed by atoms with Crippen molar-refractivity contribution in [1.82, 2.24) is 0 Å². The summed E-state index contributed by atoms with van der Waals surface area (Å²) in [7, 11) is 0. The summed E-state index contributed by atoms with van der Waals surface area (Å²) in [6.45, 7) is 4.38. The van der Waals surface area contributed by atoms with E-state index in [0.717, 1.165) is 17.8 Å². The van der Waals surface area contributed by atoms with E-state index >= 15 is 0 Å². The van der Waals surface area contributed by atoms with Gasteiger partial charge in [-0.2, -0.15) is 0 Å². The Hall–Kier alpha value is -1.24. The van der Waals surface area contributed by atoms with Crippen LogP contribution in [0.2, 0.25) is 0 Å². The van der Waals surface area contributed by atoms with Gasteiger partial charge < -0.3 is 4.42 Å². The van der Waals surface area contributed by atoms with Crippen LogP contribution >= 0.6 is 0 Å². The number of hydrogen-bond donors (Lipinski definition) is 0. The van der Waals surface area contributed by atoms with Crippen molar-refractivity contribution in [3.8, 4) is 0 Å². The first-order valence-corrected chi connectivity index (χ1v) is 8.28. The molecule has 0 saturated carbocycles. The third-order valence-electron chi connectivity index (χ3n) is 4.00. The standard InChI is InChI=1S/C19H28O/c1-3-4-5-6-7-8-9-10-11-18-15-17-13-12-16(2)14-19(17)20-18/h12-15H,3-11H2,1-2H3. The summed E-state index contributed by atoms with van der Waals surface area (Å²) in [5.41, 5.74) is 2.31. The van der Waals surface area contributed by atoms with Crippen molar-refractivity contribution in [3.05, 3.63) is 35.6 Å². The van der Waals surface area contributed by atoms with Gasteiger partial charge >= 0.3 is 0 Å². The SMILES string of the molecule is CCCCCCCCCCc1cc2ccc(C)cc2o1. The van der Waals surface area contributed by atoms with Gasteiger partial charge in [0.1, 0.15) is 11.3 Å². The summed E-state index contributed by atoms with van der Waals surface area (Å²) in [6.07, 6.45) is 12.0. The van der Waals surface area contributed by atoms with E-state index in [1.165, 1.54) is 62.3 Å². The summed E-state index contributed by atoms with van der Waals surface area (Å²) in [5.74, 6) is 1.15. The van der Waals surface area contributed by atoms with Crippen LogP contribution in [0.1, 0.15) is 69.6 Å². The van der Waals surface area contributed by atoms with E-state index in [0.29, 0.717) is 0 Å². The highest BCUT2D eigenvalue weighted by molar-refractivity contribution is 5.78. The Morgan fingerprint density at radius 1 is 0.850 bits per heavy atom. The molecular weight excluding hydrogens is 244 g/mol. The number of aryl methyl sites for hydroxylation is 2. The van der Waals surface area contributed by atoms with Gasteiger partial charge in [0.2, 0.25) is 0 Å². The Morgan fingerprint density at radius 2 is 1.55 bits per heavy atom. The van der Waals surface area contributed by atoms with Crippen molar-refractivity contribution in [1.29, 1.82) is 0 Å². The predicted octanol–water partition coefficient (Wildman–Crippen LogP) is 6.42. The van der Waals surface area contributed by atoms with E-state index < -0.39 is 0 Å². The largest absolute Gasteiger partial charge is 0.461 e. The average molecular weight is 272 g/mol. The molecule has 1 nitrogen and oxygen atoms in total. The zero-order chi connectivity index (χ0) is 14.2. The fraction of sp³-hybridized carbons (Fsp3) is 0.579. The molecule has 2 aromatic rings. The van der Waals surface area contributed by atoms with Crippen LogP contribution in [0.25, 0.3) is 11.0 Å². The Morgan fingerprint density at radius 3 is 2.30 bits per heavy atom. The predicted molar refractivity (Wildman–Crippen MR) is 87.3 cm³/mol. The average Bonchev–Trinajstić information content (AvgIpc) is 2.83. The molecular formula is C19H28O. The number of unbranched alkanes of at least 4 members (excludes halogenated alkanes) is 7. The molecule has 0 bridgehead atoms. The first-order valence-electron chi connectivity index (χ1n) is 8.28. The first-order chi connectivity index (χ1) is 9.79. The quantitative estimate of drug-likeness (QED) is 0.480. The second-order valence-electron chi connectivity index (χ2n) is 5.98. The van der Waals surface area contributed by atoms with Gasteiger partial charge in [0, 0.05) is 11.8 Å². The van der Waals surface area contributed by atoms with E-state index in [4.69, 9.17) is 4.42 Å². The van der Waals surface area contributed by atoms with Crippen LogP contribution in [0.5, 0.6) is 0 Å². The van der Waals surface area contributed by atoms with Gasteiger partial charge in [-0.25, -0.2) is 0 Å². The zero-order valence-corrected chi connectivity index (χ0v) is 13.1. The molecule has 2 rings (SSSR count). The summed E-state index contributed by atoms with van der Waals surface area (Å²) in [4.78, 5) is 0. The number of hydrogen-bond acceptors (Lipinski definition) is 1. The molecule has 0 fully saturated rings. The number of furan rings is 1. The molecule has 0 N–H and O–H groups in total. The zero-order valence-electron chi connectivity index (χ0n) is 13.1. The van der Waals surface area contributed by atoms with Gasteiger partial charge in [-0.05, 0) is 31.0 Å². The van der Waals surface area contributed by atoms with Crippen molar-refractivity contribution in [2.75, 3.05) is 0 Å². The van der Waals surface area contributed by atoms with E-state index in [-0.39, 0.29) is 0 Å². The normalized spacial score (nSPS) is 11.3. The van der Waals surface area contributed by atoms with Crippen molar-refractivity contribution < 1.29 is 4.42 Å². The minimum atomic E-state index is 1.04. The minimum Gasteiger partial charge on any atom is -0.461 e. The maximum Gasteiger partial charge on any atom is 0.134 e. The fourth-order valence-electron chi connectivity index (χ4n) is 2.75. The molecule has 0 aliphatic rings. The lowest BCUT2D eigenvalue weighted by atomic mass is 10.1. The molecule has 0 radical (unpaired) electrons. The minimum absolute atomic E-state index is 1.04. The van der Waals surface area contributed by atoms with Gasteiger partial charge in [-0.3, -0.25) is 0 Å². The first kappa shape index (κ1) is 15.2. The fourth-order valence-corrected chi connectivity index (χ4v) is 2.75. The molecule has 0 aliphatic heterocycles. The summed E-state index contributed by atoms with van der Waals surface area (Å²) in [5, 5.41) is 1.24. The summed E-state index contributed by atoms with van der Waals surface area (Å²) in [6, 6.07) is 8.64. The van der Waals surface area contributed by atoms with E-state index in [9.17, 15) is 0 Å². The van der Waals surface area contributed by atoms with Crippen LogP contribution in [0.3, 0.4) is 0 Å². The lowest BCUT2D eigenvalue weighted by molar-refractivity contribution is 0.518. The van der Waals surface area contributed by atoms with Crippen molar-refractivity contribution in [3.63, 3.8) is 0 Å². The molecule has 1 heterocycles. The third-order valence-corrected chi connectivity index (χ3v) is 4.00. The highest BCUT2D eigenvalue weighted by Gasteiger charge is 2.03. The van der Waals surface area contributed by atoms with Crippen LogP contribution in [-0.4, -0.2) is 0 Å².